The summed E-state index contributed by atoms with van der Waals surface area (Å²) in [6, 6.07) is 10.4. The number of aryl methyl sites for hydroxylation is 2. The molecule has 2 aromatic carbocycles. The quantitative estimate of drug-likeness (QED) is 0.890. The van der Waals surface area contributed by atoms with Gasteiger partial charge in [0.1, 0.15) is 5.82 Å². The van der Waals surface area contributed by atoms with Crippen molar-refractivity contribution in [1.82, 2.24) is 0 Å². The molecule has 1 atom stereocenters. The van der Waals surface area contributed by atoms with Gasteiger partial charge in [-0.25, -0.2) is 4.39 Å². The normalized spacial score (nSPS) is 15.3. The Morgan fingerprint density at radius 1 is 1.24 bits per heavy atom. The van der Waals surface area contributed by atoms with Crippen LogP contribution in [-0.2, 0) is 11.2 Å². The summed E-state index contributed by atoms with van der Waals surface area (Å²) >= 11 is 0. The fourth-order valence-corrected chi connectivity index (χ4v) is 2.69. The molecule has 4 heteroatoms. The van der Waals surface area contributed by atoms with Crippen LogP contribution >= 0.6 is 0 Å². The van der Waals surface area contributed by atoms with Gasteiger partial charge in [0.25, 0.3) is 0 Å². The maximum atomic E-state index is 14.2. The predicted octanol–water partition coefficient (Wildman–Crippen LogP) is 3.07. The van der Waals surface area contributed by atoms with Crippen molar-refractivity contribution in [3.05, 3.63) is 64.5 Å². The first-order chi connectivity index (χ1) is 10.1. The van der Waals surface area contributed by atoms with Crippen LogP contribution in [0.25, 0.3) is 0 Å². The van der Waals surface area contributed by atoms with E-state index in [4.69, 9.17) is 5.73 Å². The van der Waals surface area contributed by atoms with Crippen molar-refractivity contribution in [1.29, 1.82) is 0 Å². The van der Waals surface area contributed by atoms with Crippen LogP contribution in [0.4, 0.5) is 10.1 Å². The van der Waals surface area contributed by atoms with Gasteiger partial charge in [0.05, 0.1) is 6.04 Å². The van der Waals surface area contributed by atoms with Gasteiger partial charge in [-0.1, -0.05) is 30.3 Å². The van der Waals surface area contributed by atoms with Gasteiger partial charge in [0, 0.05) is 17.7 Å². The van der Waals surface area contributed by atoms with Gasteiger partial charge < -0.3 is 11.1 Å². The fourth-order valence-electron chi connectivity index (χ4n) is 2.69. The molecule has 21 heavy (non-hydrogen) atoms. The van der Waals surface area contributed by atoms with Gasteiger partial charge in [-0.15, -0.1) is 0 Å². The molecule has 0 spiro atoms. The molecule has 1 heterocycles. The van der Waals surface area contributed by atoms with Crippen molar-refractivity contribution < 1.29 is 9.18 Å². The summed E-state index contributed by atoms with van der Waals surface area (Å²) in [5.74, 6) is -0.222. The number of hydrogen-bond donors (Lipinski definition) is 2. The van der Waals surface area contributed by atoms with Gasteiger partial charge in [0.2, 0.25) is 5.91 Å². The Hall–Kier alpha value is -2.20. The summed E-state index contributed by atoms with van der Waals surface area (Å²) in [7, 11) is 0. The molecule has 0 saturated carbocycles. The molecule has 2 aromatic rings. The summed E-state index contributed by atoms with van der Waals surface area (Å²) in [5.41, 5.74) is 10.0. The zero-order chi connectivity index (χ0) is 15.0. The molecular weight excluding hydrogens is 267 g/mol. The number of carbonyl (C=O) groups is 1. The Bertz CT molecular complexity index is 712. The summed E-state index contributed by atoms with van der Waals surface area (Å²) in [4.78, 5) is 11.4. The van der Waals surface area contributed by atoms with Crippen molar-refractivity contribution in [2.24, 2.45) is 5.73 Å². The van der Waals surface area contributed by atoms with E-state index >= 15 is 0 Å². The van der Waals surface area contributed by atoms with E-state index in [1.54, 1.807) is 19.1 Å². The minimum Gasteiger partial charge on any atom is -0.326 e. The van der Waals surface area contributed by atoms with E-state index < -0.39 is 6.04 Å². The zero-order valence-corrected chi connectivity index (χ0v) is 11.8. The average Bonchev–Trinajstić information content (AvgIpc) is 2.49. The zero-order valence-electron chi connectivity index (χ0n) is 11.8. The van der Waals surface area contributed by atoms with Gasteiger partial charge in [-0.2, -0.15) is 0 Å². The molecule has 1 aliphatic heterocycles. The standard InChI is InChI=1S/C17H17FN2O/c1-10-3-2-4-13(16(10)18)17(19)12-5-7-14-11(9-12)6-8-15(21)20-14/h2-5,7,9,17H,6,8,19H2,1H3,(H,20,21). The van der Waals surface area contributed by atoms with E-state index in [0.29, 0.717) is 24.0 Å². The number of halogens is 1. The third-order valence-electron chi connectivity index (χ3n) is 3.94. The molecule has 1 unspecified atom stereocenters. The van der Waals surface area contributed by atoms with Gasteiger partial charge in [-0.3, -0.25) is 4.79 Å². The van der Waals surface area contributed by atoms with Crippen LogP contribution < -0.4 is 11.1 Å². The minimum atomic E-state index is -0.507. The number of nitrogens with two attached hydrogens (primary N) is 1. The number of nitrogens with one attached hydrogen (secondary N) is 1. The van der Waals surface area contributed by atoms with E-state index in [0.717, 1.165) is 16.8 Å². The number of rotatable bonds is 2. The van der Waals surface area contributed by atoms with Crippen molar-refractivity contribution in [2.75, 3.05) is 5.32 Å². The van der Waals surface area contributed by atoms with E-state index in [-0.39, 0.29) is 11.7 Å². The largest absolute Gasteiger partial charge is 0.326 e. The summed E-state index contributed by atoms with van der Waals surface area (Å²) in [5, 5.41) is 2.83. The molecule has 3 N–H and O–H groups in total. The first kappa shape index (κ1) is 13.8. The molecule has 1 aliphatic rings. The highest BCUT2D eigenvalue weighted by Gasteiger charge is 2.19. The molecule has 0 aromatic heterocycles. The number of amides is 1. The summed E-state index contributed by atoms with van der Waals surface area (Å²) in [6.07, 6.45) is 1.17. The molecule has 0 radical (unpaired) electrons. The molecule has 0 saturated heterocycles. The van der Waals surface area contributed by atoms with Crippen LogP contribution in [0.2, 0.25) is 0 Å². The number of fused-ring (bicyclic) bond motifs is 1. The van der Waals surface area contributed by atoms with E-state index in [9.17, 15) is 9.18 Å². The third kappa shape index (κ3) is 2.54. The molecule has 0 aliphatic carbocycles. The molecular formula is C17H17FN2O. The van der Waals surface area contributed by atoms with Crippen molar-refractivity contribution in [2.45, 2.75) is 25.8 Å². The first-order valence-electron chi connectivity index (χ1n) is 6.99. The van der Waals surface area contributed by atoms with E-state index in [2.05, 4.69) is 5.32 Å². The second-order valence-corrected chi connectivity index (χ2v) is 5.42. The number of carbonyl (C=O) groups excluding carboxylic acids is 1. The average molecular weight is 284 g/mol. The molecule has 3 nitrogen and oxygen atoms in total. The number of anilines is 1. The van der Waals surface area contributed by atoms with E-state index in [1.165, 1.54) is 0 Å². The topological polar surface area (TPSA) is 55.1 Å². The summed E-state index contributed by atoms with van der Waals surface area (Å²) < 4.78 is 14.2. The Labute approximate surface area is 123 Å². The Kier molecular flexibility index (Phi) is 3.47. The molecule has 108 valence electrons. The smallest absolute Gasteiger partial charge is 0.224 e. The maximum Gasteiger partial charge on any atom is 0.224 e. The maximum absolute atomic E-state index is 14.2. The lowest BCUT2D eigenvalue weighted by molar-refractivity contribution is -0.116. The van der Waals surface area contributed by atoms with Crippen LogP contribution in [0.15, 0.2) is 36.4 Å². The molecule has 0 bridgehead atoms. The van der Waals surface area contributed by atoms with Crippen molar-refractivity contribution >= 4 is 11.6 Å². The Morgan fingerprint density at radius 2 is 2.05 bits per heavy atom. The van der Waals surface area contributed by atoms with Crippen LogP contribution in [0, 0.1) is 12.7 Å². The summed E-state index contributed by atoms with van der Waals surface area (Å²) in [6.45, 7) is 1.73. The van der Waals surface area contributed by atoms with Crippen LogP contribution in [-0.4, -0.2) is 5.91 Å². The molecule has 3 rings (SSSR count). The molecule has 1 amide bonds. The second kappa shape index (κ2) is 5.30. The van der Waals surface area contributed by atoms with Crippen LogP contribution in [0.3, 0.4) is 0 Å². The fraction of sp³-hybridized carbons (Fsp3) is 0.235. The van der Waals surface area contributed by atoms with E-state index in [1.807, 2.05) is 24.3 Å². The third-order valence-corrected chi connectivity index (χ3v) is 3.94. The Balaban J connectivity index is 1.97. The lowest BCUT2D eigenvalue weighted by Gasteiger charge is -2.20. The highest BCUT2D eigenvalue weighted by atomic mass is 19.1. The lowest BCUT2D eigenvalue weighted by Crippen LogP contribution is -2.20. The van der Waals surface area contributed by atoms with Crippen molar-refractivity contribution in [3.8, 4) is 0 Å². The van der Waals surface area contributed by atoms with Crippen LogP contribution in [0.5, 0.6) is 0 Å². The van der Waals surface area contributed by atoms with Gasteiger partial charge >= 0.3 is 0 Å². The highest BCUT2D eigenvalue weighted by Crippen LogP contribution is 2.29. The SMILES string of the molecule is Cc1cccc(C(N)c2ccc3c(c2)CCC(=O)N3)c1F. The molecule has 0 fully saturated rings. The number of benzene rings is 2. The monoisotopic (exact) mass is 284 g/mol. The van der Waals surface area contributed by atoms with Crippen LogP contribution in [0.1, 0.15) is 34.7 Å². The first-order valence-corrected chi connectivity index (χ1v) is 6.99. The Morgan fingerprint density at radius 3 is 2.86 bits per heavy atom. The minimum absolute atomic E-state index is 0.0317. The predicted molar refractivity (Wildman–Crippen MR) is 80.6 cm³/mol. The van der Waals surface area contributed by atoms with Crippen molar-refractivity contribution in [3.63, 3.8) is 0 Å². The van der Waals surface area contributed by atoms with Gasteiger partial charge in [-0.05, 0) is 36.1 Å². The number of hydrogen-bond acceptors (Lipinski definition) is 2. The van der Waals surface area contributed by atoms with Gasteiger partial charge in [0.15, 0.2) is 0 Å². The lowest BCUT2D eigenvalue weighted by atomic mass is 9.93. The highest BCUT2D eigenvalue weighted by molar-refractivity contribution is 5.93. The second-order valence-electron chi connectivity index (χ2n) is 5.42.